The number of halogens is 2. The van der Waals surface area contributed by atoms with Crippen LogP contribution in [-0.2, 0) is 4.79 Å². The lowest BCUT2D eigenvalue weighted by atomic mass is 10.2. The highest BCUT2D eigenvalue weighted by atomic mass is 35.5. The standard InChI is InChI=1S/C13H13Cl2N3O/c14-9-3-4-11(10(15)8-9)17-13(19)12-2-1-6-18(12)7-5-16/h3-4,8,12H,1-2,6-7H2,(H,17,19)/t12-/m1/s1. The number of likely N-dealkylation sites (tertiary alicyclic amines) is 1. The smallest absolute Gasteiger partial charge is 0.241 e. The minimum atomic E-state index is -0.258. The Hall–Kier alpha value is -1.28. The summed E-state index contributed by atoms with van der Waals surface area (Å²) >= 11 is 11.8. The predicted octanol–water partition coefficient (Wildman–Crippen LogP) is 2.92. The van der Waals surface area contributed by atoms with Crippen molar-refractivity contribution in [3.63, 3.8) is 0 Å². The van der Waals surface area contributed by atoms with Crippen molar-refractivity contribution >= 4 is 34.8 Å². The molecule has 2 rings (SSSR count). The van der Waals surface area contributed by atoms with Gasteiger partial charge in [-0.1, -0.05) is 23.2 Å². The molecule has 0 bridgehead atoms. The summed E-state index contributed by atoms with van der Waals surface area (Å²) in [6.45, 7) is 1.05. The maximum atomic E-state index is 12.2. The lowest BCUT2D eigenvalue weighted by Gasteiger charge is -2.20. The fourth-order valence-electron chi connectivity index (χ4n) is 2.21. The molecule has 1 N–H and O–H groups in total. The molecule has 1 atom stereocenters. The first kappa shape index (κ1) is 14.1. The fraction of sp³-hybridized carbons (Fsp3) is 0.385. The van der Waals surface area contributed by atoms with Gasteiger partial charge in [0.15, 0.2) is 0 Å². The van der Waals surface area contributed by atoms with Gasteiger partial charge in [0, 0.05) is 11.6 Å². The van der Waals surface area contributed by atoms with Gasteiger partial charge < -0.3 is 5.32 Å². The Morgan fingerprint density at radius 1 is 1.53 bits per heavy atom. The molecule has 1 amide bonds. The van der Waals surface area contributed by atoms with Crippen LogP contribution in [0.5, 0.6) is 0 Å². The van der Waals surface area contributed by atoms with Crippen LogP contribution in [0.25, 0.3) is 0 Å². The van der Waals surface area contributed by atoms with Gasteiger partial charge in [-0.2, -0.15) is 5.26 Å². The Morgan fingerprint density at radius 2 is 2.32 bits per heavy atom. The molecule has 1 aliphatic heterocycles. The largest absolute Gasteiger partial charge is 0.323 e. The number of nitrogens with one attached hydrogen (secondary N) is 1. The molecule has 4 nitrogen and oxygen atoms in total. The number of nitrogens with zero attached hydrogens (tertiary/aromatic N) is 2. The number of benzene rings is 1. The first-order valence-electron chi connectivity index (χ1n) is 5.98. The molecule has 100 valence electrons. The Morgan fingerprint density at radius 3 is 3.00 bits per heavy atom. The first-order valence-corrected chi connectivity index (χ1v) is 6.74. The van der Waals surface area contributed by atoms with E-state index in [4.69, 9.17) is 28.5 Å². The second-order valence-electron chi connectivity index (χ2n) is 4.40. The second-order valence-corrected chi connectivity index (χ2v) is 5.24. The van der Waals surface area contributed by atoms with Gasteiger partial charge >= 0.3 is 0 Å². The average molecular weight is 298 g/mol. The summed E-state index contributed by atoms with van der Waals surface area (Å²) in [4.78, 5) is 14.1. The van der Waals surface area contributed by atoms with Crippen molar-refractivity contribution in [3.8, 4) is 6.07 Å². The maximum Gasteiger partial charge on any atom is 0.241 e. The summed E-state index contributed by atoms with van der Waals surface area (Å²) in [6.07, 6.45) is 1.69. The summed E-state index contributed by atoms with van der Waals surface area (Å²) in [5.41, 5.74) is 0.542. The minimum Gasteiger partial charge on any atom is -0.323 e. The van der Waals surface area contributed by atoms with E-state index in [0.717, 1.165) is 19.4 Å². The fourth-order valence-corrected chi connectivity index (χ4v) is 2.67. The highest BCUT2D eigenvalue weighted by molar-refractivity contribution is 6.36. The Balaban J connectivity index is 2.06. The summed E-state index contributed by atoms with van der Waals surface area (Å²) < 4.78 is 0. The molecule has 6 heteroatoms. The van der Waals surface area contributed by atoms with Gasteiger partial charge in [0.1, 0.15) is 0 Å². The van der Waals surface area contributed by atoms with Crippen LogP contribution in [0.1, 0.15) is 12.8 Å². The van der Waals surface area contributed by atoms with Gasteiger partial charge in [-0.3, -0.25) is 9.69 Å². The molecule has 1 fully saturated rings. The number of hydrogen-bond acceptors (Lipinski definition) is 3. The molecule has 19 heavy (non-hydrogen) atoms. The molecule has 1 saturated heterocycles. The van der Waals surface area contributed by atoms with Crippen molar-refractivity contribution in [2.75, 3.05) is 18.4 Å². The van der Waals surface area contributed by atoms with E-state index < -0.39 is 0 Å². The molecule has 1 aliphatic rings. The average Bonchev–Trinajstić information content (AvgIpc) is 2.81. The number of hydrogen-bond donors (Lipinski definition) is 1. The maximum absolute atomic E-state index is 12.2. The van der Waals surface area contributed by atoms with Crippen molar-refractivity contribution in [1.29, 1.82) is 5.26 Å². The number of carbonyl (C=O) groups is 1. The van der Waals surface area contributed by atoms with Crippen molar-refractivity contribution in [2.45, 2.75) is 18.9 Å². The Bertz CT molecular complexity index is 527. The third kappa shape index (κ3) is 3.38. The highest BCUT2D eigenvalue weighted by Gasteiger charge is 2.30. The SMILES string of the molecule is N#CCN1CCC[C@@H]1C(=O)Nc1ccc(Cl)cc1Cl. The molecule has 0 spiro atoms. The lowest BCUT2D eigenvalue weighted by molar-refractivity contribution is -0.120. The summed E-state index contributed by atoms with van der Waals surface area (Å²) in [7, 11) is 0. The Kier molecular flexibility index (Phi) is 4.65. The van der Waals surface area contributed by atoms with Crippen molar-refractivity contribution < 1.29 is 4.79 Å². The zero-order chi connectivity index (χ0) is 13.8. The van der Waals surface area contributed by atoms with Gasteiger partial charge in [0.05, 0.1) is 29.4 Å². The van der Waals surface area contributed by atoms with Crippen LogP contribution in [0.15, 0.2) is 18.2 Å². The summed E-state index contributed by atoms with van der Waals surface area (Å²) in [6, 6.07) is 6.75. The van der Waals surface area contributed by atoms with Crippen LogP contribution >= 0.6 is 23.2 Å². The molecule has 1 heterocycles. The van der Waals surface area contributed by atoms with Crippen LogP contribution in [0.4, 0.5) is 5.69 Å². The van der Waals surface area contributed by atoms with E-state index in [1.54, 1.807) is 18.2 Å². The Labute approximate surface area is 121 Å². The number of carbonyl (C=O) groups excluding carboxylic acids is 1. The summed E-state index contributed by atoms with van der Waals surface area (Å²) in [5, 5.41) is 12.4. The van der Waals surface area contributed by atoms with Crippen LogP contribution < -0.4 is 5.32 Å². The van der Waals surface area contributed by atoms with E-state index >= 15 is 0 Å². The molecule has 0 saturated carbocycles. The monoisotopic (exact) mass is 297 g/mol. The molecule has 1 aromatic rings. The van der Waals surface area contributed by atoms with Gasteiger partial charge in [-0.05, 0) is 31.0 Å². The highest BCUT2D eigenvalue weighted by Crippen LogP contribution is 2.26. The molecular weight excluding hydrogens is 285 g/mol. The molecular formula is C13H13Cl2N3O. The zero-order valence-corrected chi connectivity index (χ0v) is 11.7. The number of amides is 1. The van der Waals surface area contributed by atoms with Crippen LogP contribution in [-0.4, -0.2) is 29.9 Å². The van der Waals surface area contributed by atoms with E-state index in [2.05, 4.69) is 11.4 Å². The number of nitriles is 1. The second kappa shape index (κ2) is 6.25. The minimum absolute atomic E-state index is 0.128. The third-order valence-corrected chi connectivity index (χ3v) is 3.68. The van der Waals surface area contributed by atoms with E-state index in [-0.39, 0.29) is 18.5 Å². The van der Waals surface area contributed by atoms with E-state index in [1.165, 1.54) is 0 Å². The number of anilines is 1. The van der Waals surface area contributed by atoms with E-state index in [1.807, 2.05) is 4.90 Å². The molecule has 0 aromatic heterocycles. The first-order chi connectivity index (χ1) is 9.11. The zero-order valence-electron chi connectivity index (χ0n) is 10.2. The van der Waals surface area contributed by atoms with E-state index in [9.17, 15) is 4.79 Å². The molecule has 0 unspecified atom stereocenters. The van der Waals surface area contributed by atoms with Crippen LogP contribution in [0.2, 0.25) is 10.0 Å². The van der Waals surface area contributed by atoms with Gasteiger partial charge in [0.2, 0.25) is 5.91 Å². The van der Waals surface area contributed by atoms with Crippen molar-refractivity contribution in [2.24, 2.45) is 0 Å². The molecule has 1 aromatic carbocycles. The van der Waals surface area contributed by atoms with E-state index in [0.29, 0.717) is 15.7 Å². The van der Waals surface area contributed by atoms with Crippen LogP contribution in [0, 0.1) is 11.3 Å². The molecule has 0 radical (unpaired) electrons. The molecule has 0 aliphatic carbocycles. The lowest BCUT2D eigenvalue weighted by Crippen LogP contribution is -2.39. The van der Waals surface area contributed by atoms with Crippen molar-refractivity contribution in [3.05, 3.63) is 28.2 Å². The van der Waals surface area contributed by atoms with Crippen molar-refractivity contribution in [1.82, 2.24) is 4.90 Å². The summed E-state index contributed by atoms with van der Waals surface area (Å²) in [5.74, 6) is -0.128. The number of rotatable bonds is 3. The normalized spacial score (nSPS) is 19.1. The van der Waals surface area contributed by atoms with Gasteiger partial charge in [-0.15, -0.1) is 0 Å². The predicted molar refractivity (Wildman–Crippen MR) is 75.3 cm³/mol. The van der Waals surface area contributed by atoms with Gasteiger partial charge in [0.25, 0.3) is 0 Å². The van der Waals surface area contributed by atoms with Gasteiger partial charge in [-0.25, -0.2) is 0 Å². The third-order valence-electron chi connectivity index (χ3n) is 3.13. The topological polar surface area (TPSA) is 56.1 Å². The quantitative estimate of drug-likeness (QED) is 0.873. The van der Waals surface area contributed by atoms with Crippen LogP contribution in [0.3, 0.4) is 0 Å².